The number of azo groups is 2. The summed E-state index contributed by atoms with van der Waals surface area (Å²) in [6.07, 6.45) is 2.53. The van der Waals surface area contributed by atoms with Crippen molar-refractivity contribution >= 4 is 60.1 Å². The standard InChI is InChI=1S/C22H17N7S2/c23-14-19-13-20-21(30-19)24-22(31-20)28-27-16-5-3-15(4-6-16)25-26-17-7-9-18(10-8-17)29-11-1-2-12-29/h3-10,13H,1-2,11-12H2. The first-order valence-electron chi connectivity index (χ1n) is 9.86. The molecule has 0 atom stereocenters. The Morgan fingerprint density at radius 2 is 1.39 bits per heavy atom. The molecule has 3 heterocycles. The van der Waals surface area contributed by atoms with Crippen molar-refractivity contribution in [2.24, 2.45) is 20.5 Å². The van der Waals surface area contributed by atoms with Crippen LogP contribution in [0, 0.1) is 11.3 Å². The van der Waals surface area contributed by atoms with Gasteiger partial charge in [0.05, 0.1) is 21.8 Å². The van der Waals surface area contributed by atoms with E-state index in [1.54, 1.807) is 0 Å². The van der Waals surface area contributed by atoms with Crippen LogP contribution in [0.5, 0.6) is 0 Å². The van der Waals surface area contributed by atoms with Crippen LogP contribution in [-0.4, -0.2) is 18.1 Å². The number of nitriles is 1. The number of rotatable bonds is 5. The van der Waals surface area contributed by atoms with Crippen LogP contribution in [0.3, 0.4) is 0 Å². The lowest BCUT2D eigenvalue weighted by Gasteiger charge is -2.17. The number of hydrogen-bond donors (Lipinski definition) is 0. The average Bonchev–Trinajstić information content (AvgIpc) is 3.54. The minimum absolute atomic E-state index is 0.576. The second kappa shape index (κ2) is 8.71. The van der Waals surface area contributed by atoms with E-state index in [0.717, 1.165) is 34.0 Å². The molecule has 4 aromatic rings. The Morgan fingerprint density at radius 3 is 1.97 bits per heavy atom. The van der Waals surface area contributed by atoms with Gasteiger partial charge in [0.1, 0.15) is 15.8 Å². The van der Waals surface area contributed by atoms with Crippen molar-refractivity contribution in [3.63, 3.8) is 0 Å². The normalized spacial score (nSPS) is 14.2. The highest BCUT2D eigenvalue weighted by molar-refractivity contribution is 7.29. The van der Waals surface area contributed by atoms with E-state index in [4.69, 9.17) is 5.26 Å². The number of fused-ring (bicyclic) bond motifs is 1. The van der Waals surface area contributed by atoms with Gasteiger partial charge in [0.2, 0.25) is 5.13 Å². The molecule has 2 aromatic heterocycles. The zero-order chi connectivity index (χ0) is 21.0. The van der Waals surface area contributed by atoms with Crippen LogP contribution in [0.4, 0.5) is 27.9 Å². The maximum Gasteiger partial charge on any atom is 0.231 e. The van der Waals surface area contributed by atoms with Gasteiger partial charge in [-0.1, -0.05) is 11.3 Å². The summed E-state index contributed by atoms with van der Waals surface area (Å²) in [5.74, 6) is 0. The molecule has 0 N–H and O–H groups in total. The highest BCUT2D eigenvalue weighted by Gasteiger charge is 2.11. The lowest BCUT2D eigenvalue weighted by molar-refractivity contribution is 0.949. The third-order valence-electron chi connectivity index (χ3n) is 4.89. The van der Waals surface area contributed by atoms with Gasteiger partial charge < -0.3 is 4.90 Å². The first kappa shape index (κ1) is 19.5. The molecule has 0 amide bonds. The number of thiophene rings is 1. The molecule has 0 bridgehead atoms. The summed E-state index contributed by atoms with van der Waals surface area (Å²) < 4.78 is 0.958. The van der Waals surface area contributed by atoms with Gasteiger partial charge in [0.25, 0.3) is 0 Å². The molecule has 0 saturated carbocycles. The fourth-order valence-corrected chi connectivity index (χ4v) is 5.16. The topological polar surface area (TPSA) is 89.4 Å². The second-order valence-electron chi connectivity index (χ2n) is 7.02. The van der Waals surface area contributed by atoms with Crippen LogP contribution in [0.1, 0.15) is 17.7 Å². The monoisotopic (exact) mass is 443 g/mol. The van der Waals surface area contributed by atoms with Gasteiger partial charge >= 0.3 is 0 Å². The summed E-state index contributed by atoms with van der Waals surface area (Å²) in [4.78, 5) is 8.27. The summed E-state index contributed by atoms with van der Waals surface area (Å²) in [5.41, 5.74) is 3.54. The smallest absolute Gasteiger partial charge is 0.231 e. The Bertz CT molecular complexity index is 1260. The van der Waals surface area contributed by atoms with Gasteiger partial charge in [-0.2, -0.15) is 15.5 Å². The number of hydrogen-bond acceptors (Lipinski definition) is 9. The molecule has 0 aliphatic carbocycles. The Morgan fingerprint density at radius 1 is 0.806 bits per heavy atom. The number of nitrogens with zero attached hydrogens (tertiary/aromatic N) is 7. The zero-order valence-electron chi connectivity index (χ0n) is 16.5. The van der Waals surface area contributed by atoms with E-state index in [2.05, 4.69) is 48.5 Å². The van der Waals surface area contributed by atoms with Gasteiger partial charge in [-0.05, 0) is 67.4 Å². The van der Waals surface area contributed by atoms with Gasteiger partial charge in [0.15, 0.2) is 0 Å². The quantitative estimate of drug-likeness (QED) is 0.296. The maximum absolute atomic E-state index is 8.93. The van der Waals surface area contributed by atoms with Gasteiger partial charge in [-0.25, -0.2) is 4.98 Å². The minimum Gasteiger partial charge on any atom is -0.372 e. The predicted molar refractivity (Wildman–Crippen MR) is 125 cm³/mol. The molecule has 152 valence electrons. The molecule has 31 heavy (non-hydrogen) atoms. The molecule has 2 aromatic carbocycles. The lowest BCUT2D eigenvalue weighted by Crippen LogP contribution is -2.17. The van der Waals surface area contributed by atoms with Gasteiger partial charge in [-0.3, -0.25) is 0 Å². The minimum atomic E-state index is 0.576. The van der Waals surface area contributed by atoms with Crippen molar-refractivity contribution in [3.8, 4) is 6.07 Å². The Balaban J connectivity index is 1.22. The van der Waals surface area contributed by atoms with Gasteiger partial charge in [0, 0.05) is 18.8 Å². The van der Waals surface area contributed by atoms with Crippen LogP contribution in [0.2, 0.25) is 0 Å². The van der Waals surface area contributed by atoms with E-state index in [0.29, 0.717) is 15.7 Å². The second-order valence-corrected chi connectivity index (χ2v) is 9.05. The third kappa shape index (κ3) is 4.50. The predicted octanol–water partition coefficient (Wildman–Crippen LogP) is 7.66. The number of benzene rings is 2. The Hall–Kier alpha value is -3.48. The van der Waals surface area contributed by atoms with Crippen LogP contribution in [0.25, 0.3) is 9.53 Å². The summed E-state index contributed by atoms with van der Waals surface area (Å²) >= 11 is 2.79. The van der Waals surface area contributed by atoms with Crippen molar-refractivity contribution in [2.45, 2.75) is 12.8 Å². The van der Waals surface area contributed by atoms with E-state index in [1.807, 2.05) is 42.5 Å². The molecule has 0 unspecified atom stereocenters. The first-order valence-corrected chi connectivity index (χ1v) is 11.5. The van der Waals surface area contributed by atoms with Crippen LogP contribution in [0.15, 0.2) is 75.1 Å². The molecule has 1 aliphatic rings. The SMILES string of the molecule is N#Cc1cc2sc(N=Nc3ccc(N=Nc4ccc(N5CCCC5)cc4)cc3)nc2s1. The van der Waals surface area contributed by atoms with Crippen molar-refractivity contribution in [2.75, 3.05) is 18.0 Å². The van der Waals surface area contributed by atoms with E-state index in [9.17, 15) is 0 Å². The van der Waals surface area contributed by atoms with Crippen LogP contribution in [-0.2, 0) is 0 Å². The van der Waals surface area contributed by atoms with Crippen molar-refractivity contribution in [1.82, 2.24) is 4.98 Å². The summed E-state index contributed by atoms with van der Waals surface area (Å²) in [7, 11) is 0. The number of aromatic nitrogens is 1. The largest absolute Gasteiger partial charge is 0.372 e. The Labute approximate surface area is 187 Å². The highest BCUT2D eigenvalue weighted by atomic mass is 32.1. The van der Waals surface area contributed by atoms with E-state index in [-0.39, 0.29) is 0 Å². The van der Waals surface area contributed by atoms with E-state index in [1.165, 1.54) is 41.2 Å². The molecule has 1 fully saturated rings. The molecule has 5 rings (SSSR count). The summed E-state index contributed by atoms with van der Waals surface area (Å²) in [6, 6.07) is 19.6. The molecule has 0 radical (unpaired) electrons. The number of thiazole rings is 1. The van der Waals surface area contributed by atoms with Crippen LogP contribution < -0.4 is 4.90 Å². The first-order chi connectivity index (χ1) is 15.3. The lowest BCUT2D eigenvalue weighted by atomic mass is 10.2. The van der Waals surface area contributed by atoms with E-state index < -0.39 is 0 Å². The summed E-state index contributed by atoms with van der Waals surface area (Å²) in [6.45, 7) is 2.27. The molecule has 0 spiro atoms. The third-order valence-corrected chi connectivity index (χ3v) is 6.84. The van der Waals surface area contributed by atoms with Gasteiger partial charge in [-0.15, -0.1) is 21.6 Å². The molecular weight excluding hydrogens is 426 g/mol. The molecule has 9 heteroatoms. The van der Waals surface area contributed by atoms with E-state index >= 15 is 0 Å². The Kier molecular flexibility index (Phi) is 5.48. The summed E-state index contributed by atoms with van der Waals surface area (Å²) in [5, 5.41) is 26.6. The number of anilines is 1. The molecule has 1 saturated heterocycles. The molecule has 7 nitrogen and oxygen atoms in total. The fourth-order valence-electron chi connectivity index (χ4n) is 3.33. The van der Waals surface area contributed by atoms with Crippen molar-refractivity contribution < 1.29 is 0 Å². The highest BCUT2D eigenvalue weighted by Crippen LogP contribution is 2.34. The van der Waals surface area contributed by atoms with Crippen LogP contribution >= 0.6 is 22.7 Å². The molecular formula is C22H17N7S2. The molecule has 1 aliphatic heterocycles. The zero-order valence-corrected chi connectivity index (χ0v) is 18.1. The average molecular weight is 444 g/mol. The maximum atomic E-state index is 8.93. The van der Waals surface area contributed by atoms with Crippen molar-refractivity contribution in [1.29, 1.82) is 5.26 Å². The van der Waals surface area contributed by atoms with Crippen molar-refractivity contribution in [3.05, 3.63) is 59.5 Å². The fraction of sp³-hybridized carbons (Fsp3) is 0.182.